The first-order valence-electron chi connectivity index (χ1n) is 10.7. The second-order valence-corrected chi connectivity index (χ2v) is 10.2. The fraction of sp³-hybridized carbons (Fsp3) is 0.565. The number of hydrogen-bond acceptors (Lipinski definition) is 3. The van der Waals surface area contributed by atoms with Crippen LogP contribution in [0.2, 0.25) is 0 Å². The number of carbonyl (C=O) groups is 2. The molecule has 1 aromatic rings. The fourth-order valence-electron chi connectivity index (χ4n) is 5.92. The van der Waals surface area contributed by atoms with Gasteiger partial charge in [0.05, 0.1) is 11.8 Å². The highest BCUT2D eigenvalue weighted by molar-refractivity contribution is 9.10. The van der Waals surface area contributed by atoms with Gasteiger partial charge in [0.1, 0.15) is 0 Å². The maximum Gasteiger partial charge on any atom is 0.228 e. The van der Waals surface area contributed by atoms with Crippen LogP contribution in [0.25, 0.3) is 0 Å². The van der Waals surface area contributed by atoms with E-state index in [1.807, 2.05) is 24.3 Å². The molecule has 4 atom stereocenters. The van der Waals surface area contributed by atoms with E-state index in [-0.39, 0.29) is 46.9 Å². The van der Waals surface area contributed by atoms with Crippen LogP contribution in [0.15, 0.2) is 40.9 Å². The van der Waals surface area contributed by atoms with E-state index in [1.54, 1.807) is 0 Å². The van der Waals surface area contributed by atoms with E-state index >= 15 is 0 Å². The largest absolute Gasteiger partial charge is 0.353 e. The number of rotatable bonds is 4. The molecule has 1 aromatic carbocycles. The average Bonchev–Trinajstić information content (AvgIpc) is 3.38. The van der Waals surface area contributed by atoms with Crippen molar-refractivity contribution < 1.29 is 9.59 Å². The number of piperidine rings is 1. The third kappa shape index (κ3) is 3.34. The molecule has 1 spiro atoms. The number of hydrogen-bond donors (Lipinski definition) is 2. The van der Waals surface area contributed by atoms with E-state index in [0.29, 0.717) is 0 Å². The number of amides is 2. The summed E-state index contributed by atoms with van der Waals surface area (Å²) in [5.41, 5.74) is 0.945. The molecule has 2 bridgehead atoms. The Morgan fingerprint density at radius 2 is 1.59 bits per heavy atom. The Bertz CT molecular complexity index is 840. The predicted molar refractivity (Wildman–Crippen MR) is 116 cm³/mol. The molecule has 29 heavy (non-hydrogen) atoms. The lowest BCUT2D eigenvalue weighted by atomic mass is 9.81. The van der Waals surface area contributed by atoms with Gasteiger partial charge in [-0.15, -0.1) is 0 Å². The highest BCUT2D eigenvalue weighted by Gasteiger charge is 2.69. The van der Waals surface area contributed by atoms with Gasteiger partial charge in [-0.1, -0.05) is 28.1 Å². The third-order valence-electron chi connectivity index (χ3n) is 7.62. The molecule has 2 saturated carbocycles. The number of nitrogens with one attached hydrogen (secondary N) is 2. The molecule has 4 aliphatic rings. The van der Waals surface area contributed by atoms with Gasteiger partial charge in [-0.2, -0.15) is 0 Å². The van der Waals surface area contributed by atoms with Crippen molar-refractivity contribution in [1.82, 2.24) is 10.2 Å². The first-order valence-corrected chi connectivity index (χ1v) is 11.5. The highest BCUT2D eigenvalue weighted by Crippen LogP contribution is 2.72. The molecule has 2 amide bonds. The summed E-state index contributed by atoms with van der Waals surface area (Å²) in [6, 6.07) is 7.86. The minimum atomic E-state index is -0.276. The lowest BCUT2D eigenvalue weighted by molar-refractivity contribution is -0.133. The van der Waals surface area contributed by atoms with Crippen LogP contribution in [0, 0.1) is 29.1 Å². The molecule has 0 unspecified atom stereocenters. The predicted octanol–water partition coefficient (Wildman–Crippen LogP) is 3.43. The molecule has 2 N–H and O–H groups in total. The minimum absolute atomic E-state index is 0.0148. The van der Waals surface area contributed by atoms with Gasteiger partial charge in [-0.05, 0) is 87.3 Å². The number of anilines is 1. The van der Waals surface area contributed by atoms with E-state index in [2.05, 4.69) is 50.7 Å². The van der Waals surface area contributed by atoms with Gasteiger partial charge in [-0.25, -0.2) is 0 Å². The highest BCUT2D eigenvalue weighted by atomic mass is 79.9. The molecular formula is C23H28BrN3O2. The van der Waals surface area contributed by atoms with Crippen molar-refractivity contribution in [1.29, 1.82) is 0 Å². The SMILES string of the molecule is CN1CCC(NC(=O)[C@H]2[C@H](C(=O)Nc3ccc(Br)cc3)[C@@H]3C=C[C@H]2C32CC2)CC1. The van der Waals surface area contributed by atoms with E-state index < -0.39 is 0 Å². The fourth-order valence-corrected chi connectivity index (χ4v) is 6.18. The summed E-state index contributed by atoms with van der Waals surface area (Å²) in [5.74, 6) is -0.0572. The van der Waals surface area contributed by atoms with Crippen LogP contribution >= 0.6 is 15.9 Å². The van der Waals surface area contributed by atoms with Crippen LogP contribution in [0.1, 0.15) is 25.7 Å². The van der Waals surface area contributed by atoms with Gasteiger partial charge in [-0.3, -0.25) is 9.59 Å². The summed E-state index contributed by atoms with van der Waals surface area (Å²) >= 11 is 3.43. The van der Waals surface area contributed by atoms with Crippen molar-refractivity contribution in [3.63, 3.8) is 0 Å². The summed E-state index contributed by atoms with van der Waals surface area (Å²) in [7, 11) is 2.12. The second-order valence-electron chi connectivity index (χ2n) is 9.30. The Balaban J connectivity index is 1.34. The topological polar surface area (TPSA) is 61.4 Å². The quantitative estimate of drug-likeness (QED) is 0.680. The van der Waals surface area contributed by atoms with Crippen LogP contribution in [0.4, 0.5) is 5.69 Å². The van der Waals surface area contributed by atoms with Crippen molar-refractivity contribution in [2.24, 2.45) is 29.1 Å². The molecule has 154 valence electrons. The molecule has 1 aliphatic heterocycles. The van der Waals surface area contributed by atoms with Gasteiger partial charge in [0.15, 0.2) is 0 Å². The maximum atomic E-state index is 13.4. The van der Waals surface area contributed by atoms with Crippen LogP contribution in [-0.4, -0.2) is 42.9 Å². The number of carbonyl (C=O) groups excluding carboxylic acids is 2. The van der Waals surface area contributed by atoms with Gasteiger partial charge in [0.25, 0.3) is 0 Å². The molecule has 5 nitrogen and oxygen atoms in total. The summed E-state index contributed by atoms with van der Waals surface area (Å²) in [6.07, 6.45) is 8.67. The van der Waals surface area contributed by atoms with Gasteiger partial charge in [0, 0.05) is 16.2 Å². The Hall–Kier alpha value is -1.66. The van der Waals surface area contributed by atoms with Crippen molar-refractivity contribution in [2.75, 3.05) is 25.5 Å². The van der Waals surface area contributed by atoms with Crippen LogP contribution < -0.4 is 10.6 Å². The standard InChI is InChI=1S/C23H28BrN3O2/c1-27-12-8-16(9-13-27)26-22(29)20-18-7-6-17(23(18)10-11-23)19(20)21(28)25-15-4-2-14(24)3-5-15/h2-7,16-20H,8-13H2,1H3,(H,25,28)(H,26,29)/t17-,18+,19+,20+/m0/s1. The lowest BCUT2D eigenvalue weighted by Gasteiger charge is -2.32. The van der Waals surface area contributed by atoms with Crippen LogP contribution in [0.5, 0.6) is 0 Å². The molecule has 0 radical (unpaired) electrons. The van der Waals surface area contributed by atoms with Crippen molar-refractivity contribution in [3.8, 4) is 0 Å². The molecule has 6 heteroatoms. The smallest absolute Gasteiger partial charge is 0.228 e. The van der Waals surface area contributed by atoms with Crippen LogP contribution in [0.3, 0.4) is 0 Å². The van der Waals surface area contributed by atoms with E-state index in [4.69, 9.17) is 0 Å². The Morgan fingerprint density at radius 1 is 1.00 bits per heavy atom. The number of likely N-dealkylation sites (tertiary alicyclic amines) is 1. The first kappa shape index (κ1) is 19.3. The molecule has 1 heterocycles. The van der Waals surface area contributed by atoms with Crippen molar-refractivity contribution in [3.05, 3.63) is 40.9 Å². The van der Waals surface area contributed by atoms with E-state index in [1.165, 1.54) is 0 Å². The minimum Gasteiger partial charge on any atom is -0.353 e. The van der Waals surface area contributed by atoms with Crippen LogP contribution in [-0.2, 0) is 9.59 Å². The summed E-state index contributed by atoms with van der Waals surface area (Å²) in [6.45, 7) is 2.03. The first-order chi connectivity index (χ1) is 14.0. The monoisotopic (exact) mass is 457 g/mol. The molecule has 5 rings (SSSR count). The van der Waals surface area contributed by atoms with E-state index in [0.717, 1.165) is 48.9 Å². The third-order valence-corrected chi connectivity index (χ3v) is 8.15. The molecule has 3 fully saturated rings. The number of benzene rings is 1. The van der Waals surface area contributed by atoms with Crippen molar-refractivity contribution >= 4 is 33.4 Å². The Kier molecular flexibility index (Phi) is 4.82. The van der Waals surface area contributed by atoms with Gasteiger partial charge < -0.3 is 15.5 Å². The second kappa shape index (κ2) is 7.24. The summed E-state index contributed by atoms with van der Waals surface area (Å²) < 4.78 is 0.977. The zero-order chi connectivity index (χ0) is 20.2. The summed E-state index contributed by atoms with van der Waals surface area (Å²) in [4.78, 5) is 29.0. The number of halogens is 1. The summed E-state index contributed by atoms with van der Waals surface area (Å²) in [5, 5.41) is 6.38. The molecule has 3 aliphatic carbocycles. The zero-order valence-electron chi connectivity index (χ0n) is 16.7. The normalized spacial score (nSPS) is 32.5. The zero-order valence-corrected chi connectivity index (χ0v) is 18.3. The van der Waals surface area contributed by atoms with Crippen molar-refractivity contribution in [2.45, 2.75) is 31.7 Å². The maximum absolute atomic E-state index is 13.4. The Labute approximate surface area is 180 Å². The Morgan fingerprint density at radius 3 is 2.17 bits per heavy atom. The molecule has 1 saturated heterocycles. The van der Waals surface area contributed by atoms with Gasteiger partial charge >= 0.3 is 0 Å². The lowest BCUT2D eigenvalue weighted by Crippen LogP contribution is -2.48. The average molecular weight is 458 g/mol. The number of nitrogens with zero attached hydrogens (tertiary/aromatic N) is 1. The van der Waals surface area contributed by atoms with Gasteiger partial charge in [0.2, 0.25) is 11.8 Å². The molecular weight excluding hydrogens is 430 g/mol. The van der Waals surface area contributed by atoms with E-state index in [9.17, 15) is 9.59 Å². The molecule has 0 aromatic heterocycles. The number of allylic oxidation sites excluding steroid dienone is 2.